The zero-order valence-electron chi connectivity index (χ0n) is 28.3. The zero-order valence-corrected chi connectivity index (χ0v) is 29.1. The monoisotopic (exact) mass is 640 g/mol. The number of halogens is 1. The molecule has 3 fully saturated rings. The van der Waals surface area contributed by atoms with Crippen LogP contribution in [0.1, 0.15) is 120 Å². The van der Waals surface area contributed by atoms with Crippen LogP contribution in [0, 0.1) is 17.8 Å². The van der Waals surface area contributed by atoms with Gasteiger partial charge in [0.1, 0.15) is 0 Å². The molecule has 1 aliphatic carbocycles. The van der Waals surface area contributed by atoms with Crippen molar-refractivity contribution in [3.8, 4) is 0 Å². The molecule has 5 nitrogen and oxygen atoms in total. The topological polar surface area (TPSA) is 73.8 Å². The highest BCUT2D eigenvalue weighted by Crippen LogP contribution is 2.41. The molecule has 4 unspecified atom stereocenters. The summed E-state index contributed by atoms with van der Waals surface area (Å²) in [6.45, 7) is 9.15. The van der Waals surface area contributed by atoms with E-state index in [0.29, 0.717) is 17.8 Å². The van der Waals surface area contributed by atoms with E-state index >= 15 is 0 Å². The van der Waals surface area contributed by atoms with E-state index in [2.05, 4.69) is 48.7 Å². The molecule has 252 valence electrons. The second kappa shape index (κ2) is 18.2. The van der Waals surface area contributed by atoms with E-state index in [1.165, 1.54) is 31.2 Å². The lowest BCUT2D eigenvalue weighted by atomic mass is 9.74. The molecule has 2 heterocycles. The Kier molecular flexibility index (Phi) is 14.7. The number of methoxy groups -OCH3 is 1. The van der Waals surface area contributed by atoms with Crippen LogP contribution in [-0.2, 0) is 15.9 Å². The molecule has 45 heavy (non-hydrogen) atoms. The van der Waals surface area contributed by atoms with E-state index < -0.39 is 11.2 Å². The van der Waals surface area contributed by atoms with Gasteiger partial charge in [0, 0.05) is 43.7 Å². The van der Waals surface area contributed by atoms with Crippen LogP contribution in [0.3, 0.4) is 0 Å². The lowest BCUT2D eigenvalue weighted by molar-refractivity contribution is -0.0435. The Morgan fingerprint density at radius 2 is 1.38 bits per heavy atom. The minimum absolute atomic E-state index is 0.292. The van der Waals surface area contributed by atoms with E-state index in [4.69, 9.17) is 16.3 Å². The standard InChI is InChI=1S/C20H33NO2.C19H28ClNO/c1-16(2)17-8-6-9-18(14-17)20(22,11-4-5-13-23-3)19-10-7-12-21-15-19;20-18-8-3-6-16(13-18)19(22,17-7-4-12-21-14-17)11-2-1-5-15-9-10-15/h6,8-9,14,16,19,21-22H,4-5,7,10-13,15H2,1-3H3;3,6,8,13,15,17,21-22H,1-2,4-5,7,9-12,14H2. The number of hydrogen-bond acceptors (Lipinski definition) is 5. The van der Waals surface area contributed by atoms with Gasteiger partial charge in [0.2, 0.25) is 0 Å². The average molecular weight is 641 g/mol. The molecule has 6 heteroatoms. The second-order valence-electron chi connectivity index (χ2n) is 14.4. The van der Waals surface area contributed by atoms with Gasteiger partial charge in [0.15, 0.2) is 0 Å². The van der Waals surface area contributed by atoms with Crippen LogP contribution >= 0.6 is 11.6 Å². The van der Waals surface area contributed by atoms with Crippen molar-refractivity contribution in [2.45, 2.75) is 114 Å². The molecule has 3 aliphatic rings. The second-order valence-corrected chi connectivity index (χ2v) is 14.8. The fourth-order valence-corrected chi connectivity index (χ4v) is 7.68. The molecule has 2 saturated heterocycles. The summed E-state index contributed by atoms with van der Waals surface area (Å²) in [4.78, 5) is 0. The molecule has 1 saturated carbocycles. The van der Waals surface area contributed by atoms with Crippen molar-refractivity contribution >= 4 is 11.6 Å². The smallest absolute Gasteiger partial charge is 0.0937 e. The Bertz CT molecular complexity index is 1130. The largest absolute Gasteiger partial charge is 0.385 e. The Balaban J connectivity index is 0.000000205. The fraction of sp³-hybridized carbons (Fsp3) is 0.692. The summed E-state index contributed by atoms with van der Waals surface area (Å²) in [5.74, 6) is 2.05. The van der Waals surface area contributed by atoms with E-state index in [9.17, 15) is 10.2 Å². The maximum Gasteiger partial charge on any atom is 0.0937 e. The summed E-state index contributed by atoms with van der Waals surface area (Å²) >= 11 is 6.17. The van der Waals surface area contributed by atoms with Crippen molar-refractivity contribution in [3.05, 3.63) is 70.2 Å². The van der Waals surface area contributed by atoms with Crippen LogP contribution in [0.2, 0.25) is 5.02 Å². The van der Waals surface area contributed by atoms with Crippen molar-refractivity contribution < 1.29 is 14.9 Å². The molecule has 2 aromatic rings. The van der Waals surface area contributed by atoms with Gasteiger partial charge in [-0.2, -0.15) is 0 Å². The van der Waals surface area contributed by atoms with Crippen LogP contribution in [-0.4, -0.2) is 50.1 Å². The summed E-state index contributed by atoms with van der Waals surface area (Å²) < 4.78 is 5.16. The number of nitrogens with one attached hydrogen (secondary N) is 2. The summed E-state index contributed by atoms with van der Waals surface area (Å²) in [5, 5.41) is 30.8. The molecule has 0 bridgehead atoms. The number of benzene rings is 2. The number of aliphatic hydroxyl groups is 2. The molecule has 4 N–H and O–H groups in total. The minimum Gasteiger partial charge on any atom is -0.385 e. The van der Waals surface area contributed by atoms with Crippen LogP contribution in [0.25, 0.3) is 0 Å². The van der Waals surface area contributed by atoms with Gasteiger partial charge in [-0.15, -0.1) is 0 Å². The maximum absolute atomic E-state index is 11.6. The van der Waals surface area contributed by atoms with Gasteiger partial charge < -0.3 is 25.6 Å². The van der Waals surface area contributed by atoms with Crippen molar-refractivity contribution in [1.29, 1.82) is 0 Å². The fourth-order valence-electron chi connectivity index (χ4n) is 7.49. The first-order valence-corrected chi connectivity index (χ1v) is 18.4. The third kappa shape index (κ3) is 10.8. The lowest BCUT2D eigenvalue weighted by Crippen LogP contribution is -2.44. The molecule has 4 atom stereocenters. The third-order valence-corrected chi connectivity index (χ3v) is 10.8. The molecule has 2 aromatic carbocycles. The van der Waals surface area contributed by atoms with Crippen molar-refractivity contribution in [2.75, 3.05) is 39.9 Å². The van der Waals surface area contributed by atoms with Crippen LogP contribution < -0.4 is 10.6 Å². The molecule has 0 amide bonds. The number of hydrogen-bond donors (Lipinski definition) is 4. The van der Waals surface area contributed by atoms with Crippen molar-refractivity contribution in [3.63, 3.8) is 0 Å². The first-order valence-electron chi connectivity index (χ1n) is 18.0. The number of rotatable bonds is 15. The van der Waals surface area contributed by atoms with E-state index in [-0.39, 0.29) is 0 Å². The number of unbranched alkanes of at least 4 members (excludes halogenated alkanes) is 2. The van der Waals surface area contributed by atoms with Gasteiger partial charge in [0.25, 0.3) is 0 Å². The van der Waals surface area contributed by atoms with Gasteiger partial charge >= 0.3 is 0 Å². The quantitative estimate of drug-likeness (QED) is 0.147. The van der Waals surface area contributed by atoms with Gasteiger partial charge in [-0.25, -0.2) is 0 Å². The first-order chi connectivity index (χ1) is 21.8. The van der Waals surface area contributed by atoms with Gasteiger partial charge in [-0.3, -0.25) is 0 Å². The van der Waals surface area contributed by atoms with E-state index in [1.54, 1.807) is 7.11 Å². The zero-order chi connectivity index (χ0) is 32.1. The van der Waals surface area contributed by atoms with Crippen LogP contribution in [0.5, 0.6) is 0 Å². The van der Waals surface area contributed by atoms with Gasteiger partial charge in [0.05, 0.1) is 11.2 Å². The molecule has 2 aliphatic heterocycles. The average Bonchev–Trinajstić information content (AvgIpc) is 3.91. The molecule has 5 rings (SSSR count). The summed E-state index contributed by atoms with van der Waals surface area (Å²) in [6, 6.07) is 16.4. The Hall–Kier alpha value is -1.47. The van der Waals surface area contributed by atoms with Gasteiger partial charge in [-0.1, -0.05) is 94.0 Å². The molecule has 0 aromatic heterocycles. The Labute approximate surface area is 278 Å². The highest BCUT2D eigenvalue weighted by atomic mass is 35.5. The minimum atomic E-state index is -0.734. The highest BCUT2D eigenvalue weighted by Gasteiger charge is 2.40. The number of ether oxygens (including phenoxy) is 1. The predicted octanol–water partition coefficient (Wildman–Crippen LogP) is 8.31. The lowest BCUT2D eigenvalue weighted by Gasteiger charge is -2.40. The number of piperidine rings is 2. The Morgan fingerprint density at radius 1 is 0.800 bits per heavy atom. The summed E-state index contributed by atoms with van der Waals surface area (Å²) in [7, 11) is 1.74. The van der Waals surface area contributed by atoms with E-state index in [0.717, 1.165) is 113 Å². The van der Waals surface area contributed by atoms with Gasteiger partial charge in [-0.05, 0) is 105 Å². The molecular formula is C39H61ClN2O3. The van der Waals surface area contributed by atoms with Crippen molar-refractivity contribution in [1.82, 2.24) is 10.6 Å². The Morgan fingerprint density at radius 3 is 1.89 bits per heavy atom. The van der Waals surface area contributed by atoms with Crippen LogP contribution in [0.15, 0.2) is 48.5 Å². The first kappa shape index (κ1) is 36.4. The summed E-state index contributed by atoms with van der Waals surface area (Å²) in [5.41, 5.74) is 1.94. The van der Waals surface area contributed by atoms with E-state index in [1.807, 2.05) is 24.3 Å². The van der Waals surface area contributed by atoms with Crippen LogP contribution in [0.4, 0.5) is 0 Å². The van der Waals surface area contributed by atoms with Crippen molar-refractivity contribution in [2.24, 2.45) is 17.8 Å². The highest BCUT2D eigenvalue weighted by molar-refractivity contribution is 6.30. The molecular weight excluding hydrogens is 580 g/mol. The predicted molar refractivity (Wildman–Crippen MR) is 188 cm³/mol. The summed E-state index contributed by atoms with van der Waals surface area (Å²) in [6.07, 6.45) is 14.7. The molecule has 0 spiro atoms. The SMILES string of the molecule is COCCCCC(O)(c1cccc(C(C)C)c1)C1CCCNC1.OC(CCCCC1CC1)(c1cccc(Cl)c1)C1CCCNC1. The maximum atomic E-state index is 11.6. The molecule has 0 radical (unpaired) electrons. The third-order valence-electron chi connectivity index (χ3n) is 10.6. The normalized spacial score (nSPS) is 23.1.